The first-order chi connectivity index (χ1) is 6.97. The van der Waals surface area contributed by atoms with Crippen LogP contribution in [0.2, 0.25) is 0 Å². The van der Waals surface area contributed by atoms with Crippen LogP contribution in [0.25, 0.3) is 0 Å². The summed E-state index contributed by atoms with van der Waals surface area (Å²) in [5, 5.41) is 16.6. The zero-order chi connectivity index (χ0) is 11.8. The Kier molecular flexibility index (Phi) is 6.13. The van der Waals surface area contributed by atoms with Gasteiger partial charge < -0.3 is 15.9 Å². The van der Waals surface area contributed by atoms with Crippen LogP contribution in [0.3, 0.4) is 0 Å². The maximum Gasteiger partial charge on any atom is 0.335 e. The SMILES string of the molecule is CC(C)CO.Nc1ccc(C(=O)O)cc1. The van der Waals surface area contributed by atoms with Crippen molar-refractivity contribution in [3.63, 3.8) is 0 Å². The van der Waals surface area contributed by atoms with E-state index in [1.165, 1.54) is 12.1 Å². The predicted octanol–water partition coefficient (Wildman–Crippen LogP) is 1.60. The van der Waals surface area contributed by atoms with E-state index >= 15 is 0 Å². The van der Waals surface area contributed by atoms with Crippen LogP contribution in [0.15, 0.2) is 24.3 Å². The van der Waals surface area contributed by atoms with Crippen molar-refractivity contribution in [2.24, 2.45) is 5.92 Å². The van der Waals surface area contributed by atoms with Crippen molar-refractivity contribution in [2.45, 2.75) is 13.8 Å². The van der Waals surface area contributed by atoms with Gasteiger partial charge >= 0.3 is 5.97 Å². The van der Waals surface area contributed by atoms with Crippen LogP contribution in [0.1, 0.15) is 24.2 Å². The monoisotopic (exact) mass is 211 g/mol. The Morgan fingerprint density at radius 2 is 1.73 bits per heavy atom. The lowest BCUT2D eigenvalue weighted by molar-refractivity contribution is 0.0697. The molecule has 0 saturated carbocycles. The van der Waals surface area contributed by atoms with E-state index in [1.807, 2.05) is 13.8 Å². The molecule has 0 aromatic heterocycles. The Morgan fingerprint density at radius 1 is 1.33 bits per heavy atom. The zero-order valence-electron chi connectivity index (χ0n) is 8.97. The van der Waals surface area contributed by atoms with Gasteiger partial charge in [-0.05, 0) is 30.2 Å². The highest BCUT2D eigenvalue weighted by Crippen LogP contribution is 2.04. The van der Waals surface area contributed by atoms with Gasteiger partial charge in [-0.25, -0.2) is 4.79 Å². The highest BCUT2D eigenvalue weighted by Gasteiger charge is 1.98. The number of hydrogen-bond donors (Lipinski definition) is 3. The molecule has 0 unspecified atom stereocenters. The molecule has 0 atom stereocenters. The fraction of sp³-hybridized carbons (Fsp3) is 0.364. The van der Waals surface area contributed by atoms with Gasteiger partial charge in [0.2, 0.25) is 0 Å². The van der Waals surface area contributed by atoms with Gasteiger partial charge in [0.25, 0.3) is 0 Å². The van der Waals surface area contributed by atoms with Crippen molar-refractivity contribution in [3.8, 4) is 0 Å². The van der Waals surface area contributed by atoms with Gasteiger partial charge in [0.1, 0.15) is 0 Å². The lowest BCUT2D eigenvalue weighted by atomic mass is 10.2. The van der Waals surface area contributed by atoms with Gasteiger partial charge in [0, 0.05) is 12.3 Å². The number of carboxylic acid groups (broad SMARTS) is 1. The fourth-order valence-electron chi connectivity index (χ4n) is 0.626. The van der Waals surface area contributed by atoms with Gasteiger partial charge in [0.05, 0.1) is 5.56 Å². The molecule has 4 N–H and O–H groups in total. The van der Waals surface area contributed by atoms with E-state index in [9.17, 15) is 4.79 Å². The molecule has 15 heavy (non-hydrogen) atoms. The van der Waals surface area contributed by atoms with Crippen LogP contribution in [0.5, 0.6) is 0 Å². The summed E-state index contributed by atoms with van der Waals surface area (Å²) >= 11 is 0. The third kappa shape index (κ3) is 6.51. The van der Waals surface area contributed by atoms with Crippen molar-refractivity contribution in [1.29, 1.82) is 0 Å². The van der Waals surface area contributed by atoms with E-state index in [1.54, 1.807) is 12.1 Å². The number of anilines is 1. The summed E-state index contributed by atoms with van der Waals surface area (Å²) in [6, 6.07) is 6.06. The van der Waals surface area contributed by atoms with E-state index in [0.717, 1.165) is 0 Å². The first kappa shape index (κ1) is 13.4. The van der Waals surface area contributed by atoms with Crippen LogP contribution in [0, 0.1) is 5.92 Å². The third-order valence-electron chi connectivity index (χ3n) is 1.52. The second-order valence-corrected chi connectivity index (χ2v) is 3.50. The number of nitrogen functional groups attached to an aromatic ring is 1. The van der Waals surface area contributed by atoms with Crippen LogP contribution < -0.4 is 5.73 Å². The number of aliphatic hydroxyl groups is 1. The summed E-state index contributed by atoms with van der Waals surface area (Å²) < 4.78 is 0. The van der Waals surface area contributed by atoms with Gasteiger partial charge in [-0.2, -0.15) is 0 Å². The minimum atomic E-state index is -0.931. The lowest BCUT2D eigenvalue weighted by Gasteiger charge is -1.93. The molecule has 84 valence electrons. The highest BCUT2D eigenvalue weighted by molar-refractivity contribution is 5.87. The molecule has 1 aromatic carbocycles. The van der Waals surface area contributed by atoms with Crippen LogP contribution in [-0.4, -0.2) is 22.8 Å². The van der Waals surface area contributed by atoms with Gasteiger partial charge in [-0.15, -0.1) is 0 Å². The number of hydrogen-bond acceptors (Lipinski definition) is 3. The Balaban J connectivity index is 0.000000336. The molecular formula is C11H17NO3. The molecule has 0 heterocycles. The molecule has 4 heteroatoms. The number of rotatable bonds is 2. The van der Waals surface area contributed by atoms with Crippen molar-refractivity contribution in [2.75, 3.05) is 12.3 Å². The zero-order valence-corrected chi connectivity index (χ0v) is 8.97. The van der Waals surface area contributed by atoms with E-state index in [4.69, 9.17) is 15.9 Å². The maximum absolute atomic E-state index is 10.3. The first-order valence-electron chi connectivity index (χ1n) is 4.67. The quantitative estimate of drug-likeness (QED) is 0.649. The number of benzene rings is 1. The van der Waals surface area contributed by atoms with Gasteiger partial charge in [-0.1, -0.05) is 13.8 Å². The third-order valence-corrected chi connectivity index (χ3v) is 1.52. The van der Waals surface area contributed by atoms with E-state index in [-0.39, 0.29) is 5.56 Å². The minimum absolute atomic E-state index is 0.259. The molecule has 0 amide bonds. The van der Waals surface area contributed by atoms with E-state index in [0.29, 0.717) is 18.2 Å². The molecule has 0 fully saturated rings. The molecule has 0 radical (unpaired) electrons. The van der Waals surface area contributed by atoms with Crippen molar-refractivity contribution < 1.29 is 15.0 Å². The summed E-state index contributed by atoms with van der Waals surface area (Å²) in [5.41, 5.74) is 6.17. The fourth-order valence-corrected chi connectivity index (χ4v) is 0.626. The normalized spacial score (nSPS) is 9.33. The molecule has 1 aromatic rings. The second-order valence-electron chi connectivity index (χ2n) is 3.50. The van der Waals surface area contributed by atoms with Crippen LogP contribution in [-0.2, 0) is 0 Å². The summed E-state index contributed by atoms with van der Waals surface area (Å²) in [5.74, 6) is -0.491. The first-order valence-corrected chi connectivity index (χ1v) is 4.67. The number of aromatic carboxylic acids is 1. The lowest BCUT2D eigenvalue weighted by Crippen LogP contribution is -1.95. The molecule has 1 rings (SSSR count). The number of aliphatic hydroxyl groups excluding tert-OH is 1. The molecule has 0 spiro atoms. The molecule has 0 aliphatic rings. The Labute approximate surface area is 89.4 Å². The topological polar surface area (TPSA) is 83.5 Å². The highest BCUT2D eigenvalue weighted by atomic mass is 16.4. The minimum Gasteiger partial charge on any atom is -0.478 e. The molecule has 0 saturated heterocycles. The molecule has 4 nitrogen and oxygen atoms in total. The van der Waals surface area contributed by atoms with Crippen LogP contribution >= 0.6 is 0 Å². The average Bonchev–Trinajstić information content (AvgIpc) is 2.19. The van der Waals surface area contributed by atoms with Crippen molar-refractivity contribution in [3.05, 3.63) is 29.8 Å². The van der Waals surface area contributed by atoms with E-state index < -0.39 is 5.97 Å². The van der Waals surface area contributed by atoms with Gasteiger partial charge in [0.15, 0.2) is 0 Å². The Bertz CT molecular complexity index is 293. The Morgan fingerprint density at radius 3 is 2.00 bits per heavy atom. The summed E-state index contributed by atoms with van der Waals surface area (Å²) in [6.07, 6.45) is 0. The standard InChI is InChI=1S/C7H7NO2.C4H10O/c8-6-3-1-5(2-4-6)7(9)10;1-4(2)3-5/h1-4H,8H2,(H,9,10);4-5H,3H2,1-2H3. The molecular weight excluding hydrogens is 194 g/mol. The van der Waals surface area contributed by atoms with Crippen molar-refractivity contribution in [1.82, 2.24) is 0 Å². The summed E-state index contributed by atoms with van der Waals surface area (Å²) in [4.78, 5) is 10.3. The van der Waals surface area contributed by atoms with Crippen LogP contribution in [0.4, 0.5) is 5.69 Å². The number of nitrogens with two attached hydrogens (primary N) is 1. The average molecular weight is 211 g/mol. The largest absolute Gasteiger partial charge is 0.478 e. The Hall–Kier alpha value is -1.55. The number of carbonyl (C=O) groups is 1. The smallest absolute Gasteiger partial charge is 0.335 e. The molecule has 0 bridgehead atoms. The predicted molar refractivity (Wildman–Crippen MR) is 59.7 cm³/mol. The summed E-state index contributed by atoms with van der Waals surface area (Å²) in [6.45, 7) is 4.25. The van der Waals surface area contributed by atoms with E-state index in [2.05, 4.69) is 0 Å². The maximum atomic E-state index is 10.3. The van der Waals surface area contributed by atoms with Gasteiger partial charge in [-0.3, -0.25) is 0 Å². The van der Waals surface area contributed by atoms with Crippen molar-refractivity contribution >= 4 is 11.7 Å². The second kappa shape index (κ2) is 6.84. The molecule has 0 aliphatic carbocycles. The molecule has 0 aliphatic heterocycles. The number of carboxylic acids is 1. The summed E-state index contributed by atoms with van der Waals surface area (Å²) in [7, 11) is 0.